The van der Waals surface area contributed by atoms with Gasteiger partial charge in [0, 0.05) is 5.66 Å². The first-order valence-electron chi connectivity index (χ1n) is 8.11. The lowest BCUT2D eigenvalue weighted by molar-refractivity contribution is 0.600. The summed E-state index contributed by atoms with van der Waals surface area (Å²) in [6.45, 7) is 0. The van der Waals surface area contributed by atoms with Crippen LogP contribution in [0, 0.1) is 30.3 Å². The lowest BCUT2D eigenvalue weighted by atomic mass is 9.82. The van der Waals surface area contributed by atoms with Crippen molar-refractivity contribution in [3.05, 3.63) is 91.0 Å². The van der Waals surface area contributed by atoms with E-state index < -0.39 is 7.92 Å². The monoisotopic (exact) mass is 303 g/mol. The summed E-state index contributed by atoms with van der Waals surface area (Å²) in [4.78, 5) is 0. The molecule has 2 aromatic rings. The van der Waals surface area contributed by atoms with Gasteiger partial charge in [-0.3, -0.25) is 0 Å². The highest BCUT2D eigenvalue weighted by Crippen LogP contribution is 2.62. The van der Waals surface area contributed by atoms with Crippen LogP contribution >= 0.6 is 7.92 Å². The molecule has 0 N–H and O–H groups in total. The van der Waals surface area contributed by atoms with Crippen LogP contribution in [0.15, 0.2) is 60.7 Å². The van der Waals surface area contributed by atoms with Gasteiger partial charge in [-0.05, 0) is 56.0 Å². The minimum Gasteiger partial charge on any atom is -0.0622 e. The number of fused-ring (bicyclic) bond motifs is 1. The Labute approximate surface area is 135 Å². The van der Waals surface area contributed by atoms with Crippen LogP contribution < -0.4 is 10.6 Å². The van der Waals surface area contributed by atoms with E-state index in [-0.39, 0.29) is 0 Å². The van der Waals surface area contributed by atoms with Crippen LogP contribution in [0.3, 0.4) is 0 Å². The van der Waals surface area contributed by atoms with Crippen molar-refractivity contribution in [2.75, 3.05) is 0 Å². The molecule has 0 bridgehead atoms. The second kappa shape index (κ2) is 6.55. The highest BCUT2D eigenvalue weighted by molar-refractivity contribution is 7.76. The number of benzene rings is 2. The van der Waals surface area contributed by atoms with Crippen molar-refractivity contribution in [2.45, 2.75) is 25.7 Å². The smallest absolute Gasteiger partial charge is 0.0198 e. The minimum absolute atomic E-state index is 0.424. The predicted molar refractivity (Wildman–Crippen MR) is 95.9 cm³/mol. The van der Waals surface area contributed by atoms with E-state index in [1.165, 1.54) is 36.3 Å². The van der Waals surface area contributed by atoms with Crippen LogP contribution in [-0.4, -0.2) is 0 Å². The van der Waals surface area contributed by atoms with Gasteiger partial charge in [0.2, 0.25) is 0 Å². The first-order valence-corrected chi connectivity index (χ1v) is 9.45. The molecule has 0 amide bonds. The Bertz CT molecular complexity index is 552. The van der Waals surface area contributed by atoms with Gasteiger partial charge in [-0.25, -0.2) is 0 Å². The Morgan fingerprint density at radius 1 is 0.636 bits per heavy atom. The summed E-state index contributed by atoms with van der Waals surface area (Å²) in [5.41, 5.74) is 1.59. The fourth-order valence-electron chi connectivity index (χ4n) is 3.48. The van der Waals surface area contributed by atoms with Crippen molar-refractivity contribution < 1.29 is 0 Å². The van der Waals surface area contributed by atoms with E-state index in [1.807, 2.05) is 0 Å². The second-order valence-electron chi connectivity index (χ2n) is 5.94. The molecule has 2 aliphatic carbocycles. The van der Waals surface area contributed by atoms with Crippen molar-refractivity contribution in [2.24, 2.45) is 0 Å². The molecule has 2 fully saturated rings. The fourth-order valence-corrected chi connectivity index (χ4v) is 6.02. The van der Waals surface area contributed by atoms with Gasteiger partial charge in [0.1, 0.15) is 0 Å². The molecule has 0 aliphatic heterocycles. The normalized spacial score (nSPS) is 20.4. The van der Waals surface area contributed by atoms with Crippen LogP contribution in [0.25, 0.3) is 0 Å². The average Bonchev–Trinajstić information content (AvgIpc) is 3.01. The third kappa shape index (κ3) is 2.74. The zero-order chi connectivity index (χ0) is 14.8. The Morgan fingerprint density at radius 2 is 1.23 bits per heavy atom. The molecule has 109 valence electrons. The Hall–Kier alpha value is -1.13. The third-order valence-corrected chi connectivity index (χ3v) is 7.06. The van der Waals surface area contributed by atoms with Gasteiger partial charge in [-0.15, -0.1) is 0 Å². The van der Waals surface area contributed by atoms with E-state index in [4.69, 9.17) is 0 Å². The van der Waals surface area contributed by atoms with Gasteiger partial charge >= 0.3 is 0 Å². The third-order valence-electron chi connectivity index (χ3n) is 4.53. The molecule has 5 radical (unpaired) electrons. The summed E-state index contributed by atoms with van der Waals surface area (Å²) >= 11 is 0. The summed E-state index contributed by atoms with van der Waals surface area (Å²) in [7, 11) is -0.424. The van der Waals surface area contributed by atoms with Gasteiger partial charge in [0.05, 0.1) is 0 Å². The van der Waals surface area contributed by atoms with Crippen LogP contribution in [-0.2, 0) is 0 Å². The molecule has 4 rings (SSSR count). The fraction of sp³-hybridized carbons (Fsp3) is 0.190. The molecular formula is C21H20P. The second-order valence-corrected chi connectivity index (χ2v) is 8.12. The molecule has 0 unspecified atom stereocenters. The Morgan fingerprint density at radius 3 is 1.86 bits per heavy atom. The molecule has 0 atom stereocenters. The quantitative estimate of drug-likeness (QED) is 0.715. The highest BCUT2D eigenvalue weighted by atomic mass is 31.1. The van der Waals surface area contributed by atoms with Gasteiger partial charge in [-0.1, -0.05) is 73.5 Å². The highest BCUT2D eigenvalue weighted by Gasteiger charge is 2.43. The van der Waals surface area contributed by atoms with Crippen molar-refractivity contribution >= 4 is 18.5 Å². The zero-order valence-corrected chi connectivity index (χ0v) is 13.6. The van der Waals surface area contributed by atoms with E-state index in [1.54, 1.807) is 17.5 Å². The van der Waals surface area contributed by atoms with Gasteiger partial charge in [0.15, 0.2) is 0 Å². The predicted octanol–water partition coefficient (Wildman–Crippen LogP) is 4.80. The van der Waals surface area contributed by atoms with Gasteiger partial charge < -0.3 is 0 Å². The van der Waals surface area contributed by atoms with Crippen LogP contribution in [0.5, 0.6) is 0 Å². The Kier molecular flexibility index (Phi) is 4.30. The number of hydrogen-bond donors (Lipinski definition) is 0. The summed E-state index contributed by atoms with van der Waals surface area (Å²) < 4.78 is 0. The number of rotatable bonds is 3. The molecule has 0 nitrogen and oxygen atoms in total. The topological polar surface area (TPSA) is 0 Å². The maximum atomic E-state index is 2.40. The molecule has 2 saturated carbocycles. The van der Waals surface area contributed by atoms with Crippen LogP contribution in [0.1, 0.15) is 25.7 Å². The molecule has 22 heavy (non-hydrogen) atoms. The lowest BCUT2D eigenvalue weighted by Gasteiger charge is -2.33. The van der Waals surface area contributed by atoms with Crippen LogP contribution in [0.4, 0.5) is 0 Å². The van der Waals surface area contributed by atoms with E-state index in [0.29, 0.717) is 0 Å². The maximum absolute atomic E-state index is 2.40. The maximum Gasteiger partial charge on any atom is 0.0198 e. The zero-order valence-electron chi connectivity index (χ0n) is 12.7. The van der Waals surface area contributed by atoms with Crippen molar-refractivity contribution in [1.82, 2.24) is 0 Å². The molecule has 0 aromatic heterocycles. The van der Waals surface area contributed by atoms with Crippen LogP contribution in [0.2, 0.25) is 0 Å². The average molecular weight is 303 g/mol. The van der Waals surface area contributed by atoms with E-state index in [2.05, 4.69) is 73.5 Å². The first-order chi connectivity index (χ1) is 10.9. The minimum atomic E-state index is -0.424. The molecular weight excluding hydrogens is 283 g/mol. The standard InChI is InChI=1S/C21H20P/c1-3-10-18(11-4-1)22(19-12-5-2-6-13-19)21-16-15-17-9-7-8-14-20(17)21/h1-6,10-13,15-16H,7-9,14H2. The molecule has 2 aliphatic rings. The summed E-state index contributed by atoms with van der Waals surface area (Å²) in [6, 6.07) is 22.1. The van der Waals surface area contributed by atoms with E-state index >= 15 is 0 Å². The van der Waals surface area contributed by atoms with E-state index in [0.717, 1.165) is 0 Å². The molecule has 0 saturated heterocycles. The first kappa shape index (κ1) is 14.5. The summed E-state index contributed by atoms with van der Waals surface area (Å²) in [5.74, 6) is 3.24. The summed E-state index contributed by atoms with van der Waals surface area (Å²) in [5, 5.41) is 2.92. The number of hydrogen-bond acceptors (Lipinski definition) is 0. The molecule has 0 heterocycles. The SMILES string of the molecule is [CH]1[CH][C](P(c2ccccc2)c2ccccc2)[C]2CCCC[C]12. The Balaban J connectivity index is 1.72. The lowest BCUT2D eigenvalue weighted by Crippen LogP contribution is -2.21. The van der Waals surface area contributed by atoms with Gasteiger partial charge in [0.25, 0.3) is 0 Å². The van der Waals surface area contributed by atoms with Gasteiger partial charge in [-0.2, -0.15) is 0 Å². The van der Waals surface area contributed by atoms with Crippen molar-refractivity contribution in [3.8, 4) is 0 Å². The van der Waals surface area contributed by atoms with Crippen molar-refractivity contribution in [3.63, 3.8) is 0 Å². The largest absolute Gasteiger partial charge is 0.0622 e. The molecule has 1 heteroatoms. The molecule has 0 spiro atoms. The van der Waals surface area contributed by atoms with E-state index in [9.17, 15) is 0 Å². The molecule has 2 aromatic carbocycles. The summed E-state index contributed by atoms with van der Waals surface area (Å²) in [6.07, 6.45) is 10.0. The van der Waals surface area contributed by atoms with Crippen molar-refractivity contribution in [1.29, 1.82) is 0 Å².